The Hall–Kier alpha value is -2.25. The van der Waals surface area contributed by atoms with E-state index in [0.717, 1.165) is 73.9 Å². The molecule has 3 aromatic heterocycles. The van der Waals surface area contributed by atoms with Crippen LogP contribution in [0.2, 0.25) is 0 Å². The van der Waals surface area contributed by atoms with Gasteiger partial charge in [-0.1, -0.05) is 27.7 Å². The molecule has 0 bridgehead atoms. The molecule has 4 rings (SSSR count). The standard InChI is InChI=1S/C22H32N6O.C2H6/c1-15(2)21-17(4)24-28(18(21)5)20-13-19-14-27(25-22(19)23-16(20)3)8-6-7-26-9-11-29-12-10-26;1-2/h13-15H,6-12H2,1-5H3;1-2H3. The summed E-state index contributed by atoms with van der Waals surface area (Å²) in [7, 11) is 0. The second kappa shape index (κ2) is 10.4. The molecule has 1 fully saturated rings. The molecule has 0 saturated carbocycles. The van der Waals surface area contributed by atoms with Crippen LogP contribution in [0.1, 0.15) is 62.7 Å². The van der Waals surface area contributed by atoms with Crippen LogP contribution in [0.25, 0.3) is 16.7 Å². The van der Waals surface area contributed by atoms with Gasteiger partial charge in [-0.15, -0.1) is 0 Å². The SMILES string of the molecule is CC.Cc1nc2nn(CCCN3CCOCC3)cc2cc1-n1nc(C)c(C(C)C)c1C. The maximum atomic E-state index is 5.42. The number of hydrogen-bond donors (Lipinski definition) is 0. The van der Waals surface area contributed by atoms with Gasteiger partial charge in [-0.25, -0.2) is 9.67 Å². The largest absolute Gasteiger partial charge is 0.379 e. The highest BCUT2D eigenvalue weighted by molar-refractivity contribution is 5.77. The molecule has 1 aliphatic rings. The molecule has 0 aliphatic carbocycles. The van der Waals surface area contributed by atoms with Crippen molar-refractivity contribution in [1.29, 1.82) is 0 Å². The predicted molar refractivity (Wildman–Crippen MR) is 126 cm³/mol. The summed E-state index contributed by atoms with van der Waals surface area (Å²) in [6.07, 6.45) is 3.19. The Bertz CT molecular complexity index is 997. The van der Waals surface area contributed by atoms with Gasteiger partial charge in [-0.05, 0) is 44.7 Å². The molecule has 170 valence electrons. The van der Waals surface area contributed by atoms with Gasteiger partial charge in [0, 0.05) is 43.5 Å². The lowest BCUT2D eigenvalue weighted by atomic mass is 10.0. The fraction of sp³-hybridized carbons (Fsp3) is 0.625. The summed E-state index contributed by atoms with van der Waals surface area (Å²) in [5.41, 5.74) is 6.41. The lowest BCUT2D eigenvalue weighted by Crippen LogP contribution is -2.37. The van der Waals surface area contributed by atoms with Crippen molar-refractivity contribution in [2.24, 2.45) is 0 Å². The van der Waals surface area contributed by atoms with Crippen molar-refractivity contribution in [2.75, 3.05) is 32.8 Å². The minimum atomic E-state index is 0.454. The van der Waals surface area contributed by atoms with Gasteiger partial charge in [0.2, 0.25) is 0 Å². The molecule has 1 aliphatic heterocycles. The topological polar surface area (TPSA) is 61.0 Å². The van der Waals surface area contributed by atoms with E-state index >= 15 is 0 Å². The maximum absolute atomic E-state index is 5.42. The van der Waals surface area contributed by atoms with Gasteiger partial charge in [0.1, 0.15) is 0 Å². The van der Waals surface area contributed by atoms with Crippen LogP contribution in [0.15, 0.2) is 12.3 Å². The van der Waals surface area contributed by atoms with Crippen LogP contribution in [0.3, 0.4) is 0 Å². The van der Waals surface area contributed by atoms with Crippen LogP contribution < -0.4 is 0 Å². The zero-order valence-corrected chi connectivity index (χ0v) is 20.3. The number of pyridine rings is 1. The molecule has 0 radical (unpaired) electrons. The highest BCUT2D eigenvalue weighted by Gasteiger charge is 2.18. The lowest BCUT2D eigenvalue weighted by molar-refractivity contribution is 0.0368. The molecule has 0 aromatic carbocycles. The summed E-state index contributed by atoms with van der Waals surface area (Å²) in [5, 5.41) is 10.6. The fourth-order valence-corrected chi connectivity index (χ4v) is 4.42. The van der Waals surface area contributed by atoms with E-state index in [1.54, 1.807) is 0 Å². The smallest absolute Gasteiger partial charge is 0.181 e. The molecule has 31 heavy (non-hydrogen) atoms. The highest BCUT2D eigenvalue weighted by atomic mass is 16.5. The number of aryl methyl sites for hydroxylation is 3. The van der Waals surface area contributed by atoms with E-state index in [0.29, 0.717) is 5.92 Å². The summed E-state index contributed by atoms with van der Waals surface area (Å²) >= 11 is 0. The zero-order valence-electron chi connectivity index (χ0n) is 20.3. The van der Waals surface area contributed by atoms with Gasteiger partial charge in [0.25, 0.3) is 0 Å². The van der Waals surface area contributed by atoms with Gasteiger partial charge in [-0.3, -0.25) is 9.58 Å². The van der Waals surface area contributed by atoms with E-state index in [-0.39, 0.29) is 0 Å². The number of hydrogen-bond acceptors (Lipinski definition) is 5. The minimum absolute atomic E-state index is 0.454. The second-order valence-electron chi connectivity index (χ2n) is 8.36. The quantitative estimate of drug-likeness (QED) is 0.584. The molecule has 0 unspecified atom stereocenters. The third kappa shape index (κ3) is 5.15. The molecule has 4 heterocycles. The molecule has 7 nitrogen and oxygen atoms in total. The Balaban J connectivity index is 0.00000132. The van der Waals surface area contributed by atoms with E-state index in [1.165, 1.54) is 11.3 Å². The molecular formula is C24H38N6O. The van der Waals surface area contributed by atoms with Crippen molar-refractivity contribution in [3.05, 3.63) is 34.9 Å². The first-order chi connectivity index (χ1) is 14.9. The summed E-state index contributed by atoms with van der Waals surface area (Å²) in [6.45, 7) is 20.5. The molecule has 3 aromatic rings. The van der Waals surface area contributed by atoms with Crippen molar-refractivity contribution in [3.63, 3.8) is 0 Å². The van der Waals surface area contributed by atoms with E-state index < -0.39 is 0 Å². The van der Waals surface area contributed by atoms with Crippen molar-refractivity contribution in [2.45, 2.75) is 67.3 Å². The maximum Gasteiger partial charge on any atom is 0.181 e. The third-order valence-corrected chi connectivity index (χ3v) is 5.82. The first kappa shape index (κ1) is 23.4. The van der Waals surface area contributed by atoms with E-state index in [1.807, 2.05) is 30.1 Å². The fourth-order valence-electron chi connectivity index (χ4n) is 4.42. The summed E-state index contributed by atoms with van der Waals surface area (Å²) in [5.74, 6) is 0.454. The number of rotatable bonds is 6. The molecular weight excluding hydrogens is 388 g/mol. The number of morpholine rings is 1. The van der Waals surface area contributed by atoms with Crippen molar-refractivity contribution >= 4 is 11.0 Å². The first-order valence-electron chi connectivity index (χ1n) is 11.7. The average Bonchev–Trinajstić information content (AvgIpc) is 3.28. The molecule has 0 N–H and O–H groups in total. The Morgan fingerprint density at radius 3 is 2.35 bits per heavy atom. The number of fused-ring (bicyclic) bond motifs is 1. The number of aromatic nitrogens is 5. The molecule has 1 saturated heterocycles. The van der Waals surface area contributed by atoms with Crippen LogP contribution in [0.5, 0.6) is 0 Å². The molecule has 0 spiro atoms. The predicted octanol–water partition coefficient (Wildman–Crippen LogP) is 4.41. The molecule has 0 atom stereocenters. The first-order valence-corrected chi connectivity index (χ1v) is 11.7. The monoisotopic (exact) mass is 426 g/mol. The van der Waals surface area contributed by atoms with Gasteiger partial charge in [0.15, 0.2) is 5.65 Å². The Morgan fingerprint density at radius 1 is 1.00 bits per heavy atom. The van der Waals surface area contributed by atoms with Crippen LogP contribution >= 0.6 is 0 Å². The van der Waals surface area contributed by atoms with Gasteiger partial charge in [-0.2, -0.15) is 10.2 Å². The number of ether oxygens (including phenoxy) is 1. The van der Waals surface area contributed by atoms with E-state index in [9.17, 15) is 0 Å². The van der Waals surface area contributed by atoms with Gasteiger partial charge in [0.05, 0.1) is 30.3 Å². The normalized spacial score (nSPS) is 14.8. The van der Waals surface area contributed by atoms with Crippen molar-refractivity contribution in [3.8, 4) is 5.69 Å². The number of nitrogens with zero attached hydrogens (tertiary/aromatic N) is 6. The van der Waals surface area contributed by atoms with Crippen LogP contribution in [-0.4, -0.2) is 62.3 Å². The van der Waals surface area contributed by atoms with Crippen LogP contribution in [-0.2, 0) is 11.3 Å². The van der Waals surface area contributed by atoms with Crippen LogP contribution in [0.4, 0.5) is 0 Å². The highest BCUT2D eigenvalue weighted by Crippen LogP contribution is 2.27. The minimum Gasteiger partial charge on any atom is -0.379 e. The Labute approximate surface area is 186 Å². The van der Waals surface area contributed by atoms with Gasteiger partial charge >= 0.3 is 0 Å². The van der Waals surface area contributed by atoms with Crippen molar-refractivity contribution < 1.29 is 4.74 Å². The average molecular weight is 427 g/mol. The van der Waals surface area contributed by atoms with Gasteiger partial charge < -0.3 is 4.74 Å². The lowest BCUT2D eigenvalue weighted by Gasteiger charge is -2.26. The molecule has 7 heteroatoms. The summed E-state index contributed by atoms with van der Waals surface area (Å²) in [6, 6.07) is 2.17. The third-order valence-electron chi connectivity index (χ3n) is 5.82. The van der Waals surface area contributed by atoms with Crippen LogP contribution in [0, 0.1) is 20.8 Å². The summed E-state index contributed by atoms with van der Waals surface area (Å²) in [4.78, 5) is 7.24. The molecule has 0 amide bonds. The Morgan fingerprint density at radius 2 is 1.71 bits per heavy atom. The second-order valence-corrected chi connectivity index (χ2v) is 8.36. The van der Waals surface area contributed by atoms with E-state index in [4.69, 9.17) is 19.9 Å². The summed E-state index contributed by atoms with van der Waals surface area (Å²) < 4.78 is 9.49. The van der Waals surface area contributed by atoms with Crippen molar-refractivity contribution in [1.82, 2.24) is 29.4 Å². The zero-order chi connectivity index (χ0) is 22.5. The van der Waals surface area contributed by atoms with E-state index in [2.05, 4.69) is 44.9 Å². The Kier molecular flexibility index (Phi) is 7.84.